The molecule has 1 atom stereocenters. The summed E-state index contributed by atoms with van der Waals surface area (Å²) >= 11 is 5.52. The van der Waals surface area contributed by atoms with Crippen molar-refractivity contribution in [2.75, 3.05) is 6.61 Å². The lowest BCUT2D eigenvalue weighted by atomic mass is 10.0. The fourth-order valence-electron chi connectivity index (χ4n) is 3.45. The molecule has 172 valence electrons. The molecule has 1 aromatic carbocycles. The molecule has 7 nitrogen and oxygen atoms in total. The van der Waals surface area contributed by atoms with Crippen LogP contribution in [0.3, 0.4) is 0 Å². The molecule has 0 bridgehead atoms. The molecule has 0 aliphatic carbocycles. The van der Waals surface area contributed by atoms with E-state index in [-0.39, 0.29) is 30.1 Å². The quantitative estimate of drug-likeness (QED) is 0.155. The maximum Gasteiger partial charge on any atom is 0.200 e. The first-order valence-corrected chi connectivity index (χ1v) is 10.9. The van der Waals surface area contributed by atoms with E-state index in [9.17, 15) is 15.3 Å². The monoisotopic (exact) mass is 456 g/mol. The van der Waals surface area contributed by atoms with E-state index in [1.165, 1.54) is 6.08 Å². The summed E-state index contributed by atoms with van der Waals surface area (Å²) in [6.07, 6.45) is 6.06. The fourth-order valence-corrected chi connectivity index (χ4v) is 3.68. The van der Waals surface area contributed by atoms with Crippen LogP contribution in [-0.2, 0) is 0 Å². The van der Waals surface area contributed by atoms with E-state index in [1.54, 1.807) is 16.7 Å². The Morgan fingerprint density at radius 2 is 1.94 bits per heavy atom. The summed E-state index contributed by atoms with van der Waals surface area (Å²) < 4.78 is 4.11. The Morgan fingerprint density at radius 1 is 1.25 bits per heavy atom. The van der Waals surface area contributed by atoms with Gasteiger partial charge in [-0.1, -0.05) is 26.3 Å². The molecule has 0 spiro atoms. The van der Waals surface area contributed by atoms with Crippen LogP contribution in [0, 0.1) is 10.7 Å². The Balaban J connectivity index is 0.00000176. The number of aliphatic hydroxyl groups is 2. The van der Waals surface area contributed by atoms with Gasteiger partial charge in [-0.15, -0.1) is 13.2 Å². The van der Waals surface area contributed by atoms with E-state index in [0.717, 1.165) is 17.5 Å². The van der Waals surface area contributed by atoms with Crippen molar-refractivity contribution >= 4 is 28.7 Å². The lowest BCUT2D eigenvalue weighted by Gasteiger charge is -2.15. The molecule has 0 saturated carbocycles. The number of aliphatic hydroxyl groups excluding tert-OH is 2. The summed E-state index contributed by atoms with van der Waals surface area (Å²) in [5.74, 6) is 0.729. The second-order valence-corrected chi connectivity index (χ2v) is 8.00. The molecule has 8 heteroatoms. The number of rotatable bonds is 7. The minimum atomic E-state index is -0.296. The summed E-state index contributed by atoms with van der Waals surface area (Å²) in [6.45, 7) is 13.9. The first-order chi connectivity index (χ1) is 15.3. The number of hydrogen-bond donors (Lipinski definition) is 4. The predicted octanol–water partition coefficient (Wildman–Crippen LogP) is 5.84. The van der Waals surface area contributed by atoms with E-state index in [1.807, 2.05) is 43.7 Å². The largest absolute Gasteiger partial charge is 0.507 e. The molecule has 2 heterocycles. The van der Waals surface area contributed by atoms with Crippen LogP contribution in [0.4, 0.5) is 0 Å². The standard InChI is InChI=1S/C22H28N4O3S.C2H4/c1-5-14(4)12-16(18(28)9-11-27)21-23-24-22(30)26(21)17-6-7-19(29)20-15(17)8-10-25(20)13(2)3;1-2/h6-10,12-14,27-29H,5,11H2,1-4H3,(H,24,30);1-2H2/b16-12+,18-9+;. The zero-order valence-corrected chi connectivity index (χ0v) is 19.9. The second kappa shape index (κ2) is 11.0. The van der Waals surface area contributed by atoms with Gasteiger partial charge in [-0.3, -0.25) is 9.67 Å². The molecular formula is C24H32N4O3S. The van der Waals surface area contributed by atoms with Gasteiger partial charge in [-0.2, -0.15) is 5.10 Å². The molecular weight excluding hydrogens is 424 g/mol. The number of aromatic nitrogens is 4. The molecule has 1 unspecified atom stereocenters. The number of phenols is 1. The molecule has 32 heavy (non-hydrogen) atoms. The summed E-state index contributed by atoms with van der Waals surface area (Å²) in [7, 11) is 0. The number of benzene rings is 1. The Bertz CT molecular complexity index is 1180. The number of aromatic hydroxyl groups is 1. The van der Waals surface area contributed by atoms with Gasteiger partial charge >= 0.3 is 0 Å². The van der Waals surface area contributed by atoms with Crippen molar-refractivity contribution < 1.29 is 15.3 Å². The van der Waals surface area contributed by atoms with Crippen LogP contribution in [0.1, 0.15) is 46.0 Å². The number of hydrogen-bond acceptors (Lipinski definition) is 5. The first-order valence-electron chi connectivity index (χ1n) is 10.5. The average Bonchev–Trinajstić information content (AvgIpc) is 3.39. The highest BCUT2D eigenvalue weighted by Crippen LogP contribution is 2.35. The number of allylic oxidation sites excluding steroid dienone is 2. The van der Waals surface area contributed by atoms with Crippen LogP contribution in [0.5, 0.6) is 5.75 Å². The summed E-state index contributed by atoms with van der Waals surface area (Å²) in [6, 6.07) is 5.52. The predicted molar refractivity (Wildman–Crippen MR) is 133 cm³/mol. The van der Waals surface area contributed by atoms with Gasteiger partial charge in [0.25, 0.3) is 0 Å². The summed E-state index contributed by atoms with van der Waals surface area (Å²) in [5.41, 5.74) is 1.93. The Kier molecular flexibility index (Phi) is 8.63. The van der Waals surface area contributed by atoms with Gasteiger partial charge in [0.05, 0.1) is 23.4 Å². The number of aromatic amines is 1. The van der Waals surface area contributed by atoms with Gasteiger partial charge < -0.3 is 19.9 Å². The lowest BCUT2D eigenvalue weighted by molar-refractivity contribution is 0.333. The molecule has 0 saturated heterocycles. The summed E-state index contributed by atoms with van der Waals surface area (Å²) in [4.78, 5) is 0. The maximum atomic E-state index is 10.6. The third kappa shape index (κ3) is 4.87. The van der Waals surface area contributed by atoms with Crippen LogP contribution >= 0.6 is 12.2 Å². The molecule has 3 rings (SSSR count). The number of H-pyrrole nitrogens is 1. The van der Waals surface area contributed by atoms with Crippen molar-refractivity contribution in [2.24, 2.45) is 5.92 Å². The minimum absolute atomic E-state index is 0.0668. The lowest BCUT2D eigenvalue weighted by Crippen LogP contribution is -2.06. The third-order valence-corrected chi connectivity index (χ3v) is 5.47. The molecule has 0 amide bonds. The Labute approximate surface area is 193 Å². The van der Waals surface area contributed by atoms with Crippen LogP contribution < -0.4 is 0 Å². The van der Waals surface area contributed by atoms with Crippen molar-refractivity contribution in [1.82, 2.24) is 19.3 Å². The van der Waals surface area contributed by atoms with E-state index >= 15 is 0 Å². The maximum absolute atomic E-state index is 10.6. The number of nitrogens with zero attached hydrogens (tertiary/aromatic N) is 3. The van der Waals surface area contributed by atoms with E-state index in [0.29, 0.717) is 21.7 Å². The highest BCUT2D eigenvalue weighted by molar-refractivity contribution is 7.71. The van der Waals surface area contributed by atoms with Gasteiger partial charge in [0.1, 0.15) is 11.5 Å². The number of nitrogens with one attached hydrogen (secondary N) is 1. The van der Waals surface area contributed by atoms with Crippen LogP contribution in [0.15, 0.2) is 55.5 Å². The molecule has 3 aromatic rings. The molecule has 0 fully saturated rings. The zero-order chi connectivity index (χ0) is 24.0. The minimum Gasteiger partial charge on any atom is -0.507 e. The van der Waals surface area contributed by atoms with Gasteiger partial charge in [0.2, 0.25) is 0 Å². The van der Waals surface area contributed by atoms with E-state index in [4.69, 9.17) is 12.2 Å². The molecule has 0 aliphatic rings. The van der Waals surface area contributed by atoms with Crippen molar-refractivity contribution in [3.05, 3.63) is 66.1 Å². The highest BCUT2D eigenvalue weighted by atomic mass is 32.1. The Morgan fingerprint density at radius 3 is 2.53 bits per heavy atom. The van der Waals surface area contributed by atoms with Gasteiger partial charge in [0.15, 0.2) is 10.6 Å². The number of fused-ring (bicyclic) bond motifs is 1. The zero-order valence-electron chi connectivity index (χ0n) is 19.0. The third-order valence-electron chi connectivity index (χ3n) is 5.20. The van der Waals surface area contributed by atoms with Crippen LogP contribution in [0.25, 0.3) is 22.2 Å². The first kappa shape index (κ1) is 25.2. The highest BCUT2D eigenvalue weighted by Gasteiger charge is 2.21. The van der Waals surface area contributed by atoms with Crippen molar-refractivity contribution in [3.63, 3.8) is 0 Å². The van der Waals surface area contributed by atoms with Gasteiger partial charge in [-0.05, 0) is 56.3 Å². The summed E-state index contributed by atoms with van der Waals surface area (Å²) in [5, 5.41) is 38.4. The van der Waals surface area contributed by atoms with Crippen molar-refractivity contribution in [1.29, 1.82) is 0 Å². The fraction of sp³-hybridized carbons (Fsp3) is 0.333. The SMILES string of the molecule is C=C.CCC(C)/C=C(\C(O)=C/CO)c1n[nH]c(=S)n1-c1ccc(O)c2c1ccn2C(C)C. The van der Waals surface area contributed by atoms with Crippen molar-refractivity contribution in [2.45, 2.75) is 40.2 Å². The van der Waals surface area contributed by atoms with E-state index < -0.39 is 0 Å². The molecule has 0 aliphatic heterocycles. The second-order valence-electron chi connectivity index (χ2n) is 7.61. The van der Waals surface area contributed by atoms with E-state index in [2.05, 4.69) is 30.3 Å². The average molecular weight is 457 g/mol. The topological polar surface area (TPSA) is 99.2 Å². The van der Waals surface area contributed by atoms with Crippen molar-refractivity contribution in [3.8, 4) is 11.4 Å². The molecule has 0 radical (unpaired) electrons. The Hall–Kier alpha value is -3.10. The van der Waals surface area contributed by atoms with Crippen LogP contribution in [-0.4, -0.2) is 41.3 Å². The van der Waals surface area contributed by atoms with Gasteiger partial charge in [0, 0.05) is 17.6 Å². The number of phenolic OH excluding ortho intramolecular Hbond substituents is 1. The van der Waals surface area contributed by atoms with Crippen LogP contribution in [0.2, 0.25) is 0 Å². The molecule has 4 N–H and O–H groups in total. The van der Waals surface area contributed by atoms with Gasteiger partial charge in [-0.25, -0.2) is 0 Å². The smallest absolute Gasteiger partial charge is 0.200 e. The normalized spacial score (nSPS) is 13.3. The molecule has 2 aromatic heterocycles.